The molecule has 32 heavy (non-hydrogen) atoms. The van der Waals surface area contributed by atoms with Gasteiger partial charge in [0, 0.05) is 5.69 Å². The van der Waals surface area contributed by atoms with Gasteiger partial charge in [-0.1, -0.05) is 55.8 Å². The van der Waals surface area contributed by atoms with Crippen molar-refractivity contribution in [1.82, 2.24) is 4.98 Å². The first kappa shape index (κ1) is 22.0. The molecule has 1 amide bonds. The maximum absolute atomic E-state index is 13.6. The molecule has 1 atom stereocenters. The molecule has 3 aromatic rings. The number of nitrogens with zero attached hydrogens (tertiary/aromatic N) is 2. The predicted molar refractivity (Wildman–Crippen MR) is 128 cm³/mol. The first-order chi connectivity index (χ1) is 15.2. The Morgan fingerprint density at radius 1 is 1.09 bits per heavy atom. The number of carbonyl (C=O) groups is 2. The number of rotatable bonds is 5. The van der Waals surface area contributed by atoms with Gasteiger partial charge in [0.25, 0.3) is 5.91 Å². The molecule has 5 nitrogen and oxygen atoms in total. The van der Waals surface area contributed by atoms with E-state index in [1.54, 1.807) is 6.92 Å². The summed E-state index contributed by atoms with van der Waals surface area (Å²) >= 11 is 1.28. The molecule has 2 heterocycles. The second-order valence-electron chi connectivity index (χ2n) is 8.48. The maximum Gasteiger partial charge on any atom is 0.294 e. The van der Waals surface area contributed by atoms with E-state index in [0.29, 0.717) is 22.2 Å². The van der Waals surface area contributed by atoms with Crippen molar-refractivity contribution in [2.45, 2.75) is 46.6 Å². The van der Waals surface area contributed by atoms with E-state index < -0.39 is 17.7 Å². The van der Waals surface area contributed by atoms with Gasteiger partial charge in [-0.15, -0.1) is 11.3 Å². The lowest BCUT2D eigenvalue weighted by Crippen LogP contribution is -2.31. The molecule has 0 fully saturated rings. The number of hydrogen-bond donors (Lipinski definition) is 1. The minimum Gasteiger partial charge on any atom is -0.503 e. The zero-order chi connectivity index (χ0) is 23.2. The molecule has 0 radical (unpaired) electrons. The predicted octanol–water partition coefficient (Wildman–Crippen LogP) is 5.97. The summed E-state index contributed by atoms with van der Waals surface area (Å²) in [6, 6.07) is 14.7. The molecule has 4 rings (SSSR count). The molecule has 2 aromatic carbocycles. The van der Waals surface area contributed by atoms with Crippen LogP contribution < -0.4 is 4.90 Å². The fourth-order valence-corrected chi connectivity index (χ4v) is 5.02. The molecule has 0 spiro atoms. The van der Waals surface area contributed by atoms with E-state index in [9.17, 15) is 14.7 Å². The third-order valence-electron chi connectivity index (χ3n) is 5.76. The number of carbonyl (C=O) groups excluding carboxylic acids is 2. The Morgan fingerprint density at radius 2 is 1.78 bits per heavy atom. The smallest absolute Gasteiger partial charge is 0.294 e. The van der Waals surface area contributed by atoms with Gasteiger partial charge in [0.2, 0.25) is 5.78 Å². The third-order valence-corrected chi connectivity index (χ3v) is 6.83. The number of anilines is 1. The molecule has 1 unspecified atom stereocenters. The molecule has 1 N–H and O–H groups in total. The molecular formula is C26H26N2O3S. The van der Waals surface area contributed by atoms with E-state index in [1.165, 1.54) is 16.2 Å². The van der Waals surface area contributed by atoms with Crippen LogP contribution in [0.15, 0.2) is 59.9 Å². The highest BCUT2D eigenvalue weighted by atomic mass is 32.1. The highest BCUT2D eigenvalue weighted by Crippen LogP contribution is 2.43. The number of aliphatic hydroxyl groups is 1. The molecule has 0 saturated heterocycles. The topological polar surface area (TPSA) is 70.5 Å². The van der Waals surface area contributed by atoms with Crippen LogP contribution in [-0.4, -0.2) is 21.8 Å². The average molecular weight is 447 g/mol. The quantitative estimate of drug-likeness (QED) is 0.490. The number of aryl methyl sites for hydroxylation is 3. The Balaban J connectivity index is 1.87. The summed E-state index contributed by atoms with van der Waals surface area (Å²) < 4.78 is 0. The summed E-state index contributed by atoms with van der Waals surface area (Å²) in [5.74, 6) is -1.07. The monoisotopic (exact) mass is 446 g/mol. The standard InChI is InChI=1S/C26H26N2O3S/c1-14(2)18-9-11-20(12-10-18)28-22(19-8-6-7-15(3)13-19)21(24(30)26(28)31)23(29)25-16(4)27-17(5)32-25/h6-14,22,30H,1-5H3. The largest absolute Gasteiger partial charge is 0.503 e. The lowest BCUT2D eigenvalue weighted by Gasteiger charge is -2.27. The molecule has 1 aliphatic heterocycles. The van der Waals surface area contributed by atoms with Gasteiger partial charge in [-0.25, -0.2) is 4.98 Å². The number of benzene rings is 2. The van der Waals surface area contributed by atoms with Crippen LogP contribution in [0, 0.1) is 20.8 Å². The van der Waals surface area contributed by atoms with E-state index in [-0.39, 0.29) is 11.4 Å². The van der Waals surface area contributed by atoms with E-state index in [2.05, 4.69) is 18.8 Å². The minimum atomic E-state index is -0.721. The molecule has 0 bridgehead atoms. The fourth-order valence-electron chi connectivity index (χ4n) is 4.14. The van der Waals surface area contributed by atoms with Gasteiger partial charge in [-0.05, 0) is 49.9 Å². The normalized spacial score (nSPS) is 16.4. The Labute approximate surface area is 192 Å². The number of ketones is 1. The Morgan fingerprint density at radius 3 is 2.34 bits per heavy atom. The van der Waals surface area contributed by atoms with Crippen molar-refractivity contribution in [2.24, 2.45) is 0 Å². The van der Waals surface area contributed by atoms with Gasteiger partial charge in [-0.3, -0.25) is 14.5 Å². The van der Waals surface area contributed by atoms with Crippen LogP contribution in [0.1, 0.15) is 62.9 Å². The van der Waals surface area contributed by atoms with Crippen LogP contribution in [0.2, 0.25) is 0 Å². The number of thiazole rings is 1. The first-order valence-electron chi connectivity index (χ1n) is 10.6. The SMILES string of the molecule is Cc1cccc(C2C(C(=O)c3sc(C)nc3C)=C(O)C(=O)N2c2ccc(C(C)C)cc2)c1. The summed E-state index contributed by atoms with van der Waals surface area (Å²) in [5.41, 5.74) is 4.27. The summed E-state index contributed by atoms with van der Waals surface area (Å²) in [7, 11) is 0. The summed E-state index contributed by atoms with van der Waals surface area (Å²) in [6.07, 6.45) is 0. The van der Waals surface area contributed by atoms with Gasteiger partial charge in [0.1, 0.15) is 0 Å². The third kappa shape index (κ3) is 3.75. The molecule has 0 aliphatic carbocycles. The zero-order valence-corrected chi connectivity index (χ0v) is 19.7. The minimum absolute atomic E-state index is 0.0975. The average Bonchev–Trinajstić information content (AvgIpc) is 3.23. The Kier molecular flexibility index (Phi) is 5.73. The number of amides is 1. The van der Waals surface area contributed by atoms with Gasteiger partial charge >= 0.3 is 0 Å². The Hall–Kier alpha value is -3.25. The highest BCUT2D eigenvalue weighted by molar-refractivity contribution is 7.14. The van der Waals surface area contributed by atoms with Crippen molar-refractivity contribution in [3.05, 3.63) is 92.1 Å². The van der Waals surface area contributed by atoms with Gasteiger partial charge in [0.15, 0.2) is 5.76 Å². The molecule has 6 heteroatoms. The van der Waals surface area contributed by atoms with E-state index in [0.717, 1.165) is 21.7 Å². The van der Waals surface area contributed by atoms with E-state index in [1.807, 2.05) is 62.4 Å². The van der Waals surface area contributed by atoms with E-state index >= 15 is 0 Å². The first-order valence-corrected chi connectivity index (χ1v) is 11.4. The zero-order valence-electron chi connectivity index (χ0n) is 18.8. The molecule has 1 aliphatic rings. The van der Waals surface area contributed by atoms with Crippen LogP contribution in [0.3, 0.4) is 0 Å². The highest BCUT2D eigenvalue weighted by Gasteiger charge is 2.45. The van der Waals surface area contributed by atoms with Crippen molar-refractivity contribution < 1.29 is 14.7 Å². The van der Waals surface area contributed by atoms with Crippen molar-refractivity contribution >= 4 is 28.7 Å². The van der Waals surface area contributed by atoms with Crippen molar-refractivity contribution in [3.63, 3.8) is 0 Å². The van der Waals surface area contributed by atoms with Gasteiger partial charge < -0.3 is 5.11 Å². The molecule has 1 aromatic heterocycles. The second-order valence-corrected chi connectivity index (χ2v) is 9.68. The van der Waals surface area contributed by atoms with Crippen LogP contribution in [0.4, 0.5) is 5.69 Å². The molecular weight excluding hydrogens is 420 g/mol. The van der Waals surface area contributed by atoms with Crippen molar-refractivity contribution in [2.75, 3.05) is 4.90 Å². The number of Topliss-reactive ketones (excluding diaryl/α,β-unsaturated/α-hetero) is 1. The lowest BCUT2D eigenvalue weighted by molar-refractivity contribution is -0.117. The van der Waals surface area contributed by atoms with Gasteiger partial charge in [0.05, 0.1) is 27.2 Å². The number of hydrogen-bond acceptors (Lipinski definition) is 5. The van der Waals surface area contributed by atoms with Crippen LogP contribution in [0.5, 0.6) is 0 Å². The van der Waals surface area contributed by atoms with Crippen LogP contribution >= 0.6 is 11.3 Å². The summed E-state index contributed by atoms with van der Waals surface area (Å²) in [5, 5.41) is 11.7. The van der Waals surface area contributed by atoms with Crippen LogP contribution in [-0.2, 0) is 4.79 Å². The molecule has 164 valence electrons. The maximum atomic E-state index is 13.6. The summed E-state index contributed by atoms with van der Waals surface area (Å²) in [4.78, 5) is 33.2. The number of aliphatic hydroxyl groups excluding tert-OH is 1. The Bertz CT molecular complexity index is 1240. The lowest BCUT2D eigenvalue weighted by atomic mass is 9.93. The fraction of sp³-hybridized carbons (Fsp3) is 0.269. The van der Waals surface area contributed by atoms with Crippen molar-refractivity contribution in [3.8, 4) is 0 Å². The van der Waals surface area contributed by atoms with Crippen molar-refractivity contribution in [1.29, 1.82) is 0 Å². The molecule has 0 saturated carbocycles. The van der Waals surface area contributed by atoms with Gasteiger partial charge in [-0.2, -0.15) is 0 Å². The summed E-state index contributed by atoms with van der Waals surface area (Å²) in [6.45, 7) is 9.78. The van der Waals surface area contributed by atoms with E-state index in [4.69, 9.17) is 0 Å². The number of aromatic nitrogens is 1. The second kappa shape index (κ2) is 8.36. The van der Waals surface area contributed by atoms with Crippen LogP contribution in [0.25, 0.3) is 0 Å².